The molecule has 0 aliphatic heterocycles. The Hall–Kier alpha value is -1.78. The van der Waals surface area contributed by atoms with E-state index in [9.17, 15) is 0 Å². The van der Waals surface area contributed by atoms with Gasteiger partial charge in [0.15, 0.2) is 0 Å². The van der Waals surface area contributed by atoms with Crippen molar-refractivity contribution in [3.63, 3.8) is 0 Å². The van der Waals surface area contributed by atoms with E-state index in [0.717, 1.165) is 27.1 Å². The molecule has 1 heterocycles. The van der Waals surface area contributed by atoms with Gasteiger partial charge in [-0.25, -0.2) is 4.98 Å². The highest BCUT2D eigenvalue weighted by Gasteiger charge is 2.17. The molecule has 3 nitrogen and oxygen atoms in total. The first-order valence-electron chi connectivity index (χ1n) is 6.41. The zero-order valence-electron chi connectivity index (χ0n) is 11.3. The third-order valence-electron chi connectivity index (χ3n) is 3.35. The van der Waals surface area contributed by atoms with Gasteiger partial charge < -0.3 is 10.3 Å². The van der Waals surface area contributed by atoms with E-state index in [1.54, 1.807) is 0 Å². The maximum Gasteiger partial charge on any atom is 0.142 e. The van der Waals surface area contributed by atoms with Crippen molar-refractivity contribution in [2.45, 2.75) is 0 Å². The quantitative estimate of drug-likeness (QED) is 0.715. The van der Waals surface area contributed by atoms with Crippen molar-refractivity contribution in [2.24, 2.45) is 7.05 Å². The fraction of sp³-hybridized carbons (Fsp3) is 0.0625. The van der Waals surface area contributed by atoms with Crippen molar-refractivity contribution in [1.82, 2.24) is 9.55 Å². The van der Waals surface area contributed by atoms with E-state index in [1.165, 1.54) is 0 Å². The van der Waals surface area contributed by atoms with Crippen LogP contribution in [0.5, 0.6) is 0 Å². The maximum absolute atomic E-state index is 6.23. The van der Waals surface area contributed by atoms with Gasteiger partial charge in [0.2, 0.25) is 0 Å². The molecular weight excluding hydrogens is 350 g/mol. The maximum atomic E-state index is 6.23. The van der Waals surface area contributed by atoms with Gasteiger partial charge in [0.25, 0.3) is 0 Å². The lowest BCUT2D eigenvalue weighted by molar-refractivity contribution is 0.937. The van der Waals surface area contributed by atoms with Gasteiger partial charge in [0.1, 0.15) is 17.3 Å². The Morgan fingerprint density at radius 1 is 1.14 bits per heavy atom. The summed E-state index contributed by atoms with van der Waals surface area (Å²) in [5, 5.41) is 0.652. The van der Waals surface area contributed by atoms with Crippen LogP contribution in [-0.4, -0.2) is 9.55 Å². The van der Waals surface area contributed by atoms with Gasteiger partial charge in [-0.1, -0.05) is 57.9 Å². The third kappa shape index (κ3) is 2.57. The average molecular weight is 363 g/mol. The molecule has 0 bridgehead atoms. The van der Waals surface area contributed by atoms with Gasteiger partial charge >= 0.3 is 0 Å². The first-order valence-corrected chi connectivity index (χ1v) is 7.58. The van der Waals surface area contributed by atoms with Crippen LogP contribution < -0.4 is 5.73 Å². The number of nitrogens with zero attached hydrogens (tertiary/aromatic N) is 2. The molecule has 0 atom stereocenters. The van der Waals surface area contributed by atoms with E-state index in [0.29, 0.717) is 10.8 Å². The fourth-order valence-electron chi connectivity index (χ4n) is 2.23. The zero-order valence-corrected chi connectivity index (χ0v) is 13.7. The second kappa shape index (κ2) is 5.54. The van der Waals surface area contributed by atoms with Crippen molar-refractivity contribution < 1.29 is 0 Å². The molecule has 3 aromatic rings. The lowest BCUT2D eigenvalue weighted by Crippen LogP contribution is -1.98. The lowest BCUT2D eigenvalue weighted by Gasteiger charge is -2.04. The number of halogens is 2. The molecule has 0 aliphatic carbocycles. The highest BCUT2D eigenvalue weighted by molar-refractivity contribution is 9.10. The predicted octanol–water partition coefficient (Wildman–Crippen LogP) is 4.75. The predicted molar refractivity (Wildman–Crippen MR) is 91.2 cm³/mol. The van der Waals surface area contributed by atoms with E-state index in [4.69, 9.17) is 22.3 Å². The topological polar surface area (TPSA) is 43.8 Å². The Morgan fingerprint density at radius 3 is 2.57 bits per heavy atom. The largest absolute Gasteiger partial charge is 0.383 e. The number of anilines is 1. The van der Waals surface area contributed by atoms with Crippen LogP contribution in [-0.2, 0) is 7.05 Å². The van der Waals surface area contributed by atoms with Crippen molar-refractivity contribution in [2.75, 3.05) is 5.73 Å². The zero-order chi connectivity index (χ0) is 15.0. The second-order valence-corrected chi connectivity index (χ2v) is 6.01. The minimum Gasteiger partial charge on any atom is -0.383 e. The van der Waals surface area contributed by atoms with Crippen molar-refractivity contribution >= 4 is 33.3 Å². The molecule has 0 aliphatic rings. The molecule has 3 rings (SSSR count). The molecule has 0 unspecified atom stereocenters. The van der Waals surface area contributed by atoms with Crippen LogP contribution in [0.1, 0.15) is 0 Å². The molecule has 0 amide bonds. The fourth-order valence-corrected chi connectivity index (χ4v) is 2.84. The summed E-state index contributed by atoms with van der Waals surface area (Å²) in [6, 6.07) is 15.5. The second-order valence-electron chi connectivity index (χ2n) is 4.72. The summed E-state index contributed by atoms with van der Waals surface area (Å²) in [5.74, 6) is 1.44. The highest BCUT2D eigenvalue weighted by Crippen LogP contribution is 2.35. The molecule has 0 saturated carbocycles. The number of rotatable bonds is 2. The van der Waals surface area contributed by atoms with E-state index >= 15 is 0 Å². The van der Waals surface area contributed by atoms with Gasteiger partial charge in [0.05, 0.1) is 0 Å². The molecule has 2 N–H and O–H groups in total. The average Bonchev–Trinajstić information content (AvgIpc) is 2.79. The Balaban J connectivity index is 2.20. The number of hydrogen-bond donors (Lipinski definition) is 1. The molecule has 21 heavy (non-hydrogen) atoms. The molecule has 1 aromatic heterocycles. The molecule has 5 heteroatoms. The van der Waals surface area contributed by atoms with Gasteiger partial charge in [-0.05, 0) is 18.2 Å². The van der Waals surface area contributed by atoms with Crippen LogP contribution in [0, 0.1) is 0 Å². The Labute approximate surface area is 136 Å². The molecule has 0 fully saturated rings. The minimum absolute atomic E-state index is 0.608. The molecule has 2 aromatic carbocycles. The molecule has 0 spiro atoms. The monoisotopic (exact) mass is 361 g/mol. The van der Waals surface area contributed by atoms with E-state index in [2.05, 4.69) is 15.9 Å². The number of benzene rings is 2. The molecule has 0 saturated heterocycles. The third-order valence-corrected chi connectivity index (χ3v) is 4.28. The van der Waals surface area contributed by atoms with E-state index in [-0.39, 0.29) is 0 Å². The summed E-state index contributed by atoms with van der Waals surface area (Å²) < 4.78 is 2.80. The van der Waals surface area contributed by atoms with Crippen LogP contribution >= 0.6 is 27.5 Å². The van der Waals surface area contributed by atoms with E-state index < -0.39 is 0 Å². The summed E-state index contributed by atoms with van der Waals surface area (Å²) in [5.41, 5.74) is 8.87. The summed E-state index contributed by atoms with van der Waals surface area (Å²) in [7, 11) is 1.91. The smallest absolute Gasteiger partial charge is 0.142 e. The SMILES string of the molecule is Cn1c(-c2ccccc2)nc(-c2cc(Cl)ccc2Br)c1N. The normalized spacial score (nSPS) is 10.8. The number of hydrogen-bond acceptors (Lipinski definition) is 2. The van der Waals surface area contributed by atoms with Crippen LogP contribution in [0.25, 0.3) is 22.6 Å². The van der Waals surface area contributed by atoms with Crippen molar-refractivity contribution in [1.29, 1.82) is 0 Å². The van der Waals surface area contributed by atoms with Gasteiger partial charge in [-0.3, -0.25) is 0 Å². The number of aromatic nitrogens is 2. The minimum atomic E-state index is 0.608. The van der Waals surface area contributed by atoms with Crippen LogP contribution in [0.4, 0.5) is 5.82 Å². The standard InChI is InChI=1S/C16H13BrClN3/c1-21-15(19)14(12-9-11(18)7-8-13(12)17)20-16(21)10-5-3-2-4-6-10/h2-9H,19H2,1H3. The highest BCUT2D eigenvalue weighted by atomic mass is 79.9. The van der Waals surface area contributed by atoms with Gasteiger partial charge in [-0.2, -0.15) is 0 Å². The number of nitrogens with two attached hydrogens (primary N) is 1. The number of nitrogen functional groups attached to an aromatic ring is 1. The molecule has 106 valence electrons. The Morgan fingerprint density at radius 2 is 1.86 bits per heavy atom. The lowest BCUT2D eigenvalue weighted by atomic mass is 10.1. The first kappa shape index (κ1) is 14.2. The van der Waals surface area contributed by atoms with Gasteiger partial charge in [0, 0.05) is 27.7 Å². The first-order chi connectivity index (χ1) is 10.1. The van der Waals surface area contributed by atoms with Crippen molar-refractivity contribution in [3.8, 4) is 22.6 Å². The van der Waals surface area contributed by atoms with Crippen LogP contribution in [0.15, 0.2) is 53.0 Å². The van der Waals surface area contributed by atoms with Crippen molar-refractivity contribution in [3.05, 3.63) is 58.0 Å². The summed E-state index contributed by atoms with van der Waals surface area (Å²) >= 11 is 9.61. The van der Waals surface area contributed by atoms with Crippen LogP contribution in [0.2, 0.25) is 5.02 Å². The molecular formula is C16H13BrClN3. The Bertz CT molecular complexity index is 797. The van der Waals surface area contributed by atoms with E-state index in [1.807, 2.05) is 60.1 Å². The molecule has 0 radical (unpaired) electrons. The Kier molecular flexibility index (Phi) is 3.74. The van der Waals surface area contributed by atoms with Gasteiger partial charge in [-0.15, -0.1) is 0 Å². The summed E-state index contributed by atoms with van der Waals surface area (Å²) in [6.45, 7) is 0. The summed E-state index contributed by atoms with van der Waals surface area (Å²) in [6.07, 6.45) is 0. The summed E-state index contributed by atoms with van der Waals surface area (Å²) in [4.78, 5) is 4.70. The number of imidazole rings is 1. The van der Waals surface area contributed by atoms with Crippen LogP contribution in [0.3, 0.4) is 0 Å².